The van der Waals surface area contributed by atoms with Gasteiger partial charge in [-0.15, -0.1) is 0 Å². The lowest BCUT2D eigenvalue weighted by Gasteiger charge is -2.41. The van der Waals surface area contributed by atoms with E-state index in [-0.39, 0.29) is 0 Å². The molecule has 0 radical (unpaired) electrons. The van der Waals surface area contributed by atoms with Crippen LogP contribution in [0.3, 0.4) is 0 Å². The third-order valence-corrected chi connectivity index (χ3v) is 4.23. The third kappa shape index (κ3) is 3.15. The summed E-state index contributed by atoms with van der Waals surface area (Å²) in [4.78, 5) is 23.2. The number of esters is 2. The van der Waals surface area contributed by atoms with Crippen molar-refractivity contribution in [1.29, 1.82) is 0 Å². The minimum atomic E-state index is -0.876. The lowest BCUT2D eigenvalue weighted by Crippen LogP contribution is -2.63. The summed E-state index contributed by atoms with van der Waals surface area (Å²) in [5, 5.41) is 0. The van der Waals surface area contributed by atoms with Crippen molar-refractivity contribution in [2.75, 3.05) is 0 Å². The van der Waals surface area contributed by atoms with Gasteiger partial charge < -0.3 is 28.4 Å². The minimum Gasteiger partial charge on any atom is -0.456 e. The molecule has 3 rings (SSSR count). The van der Waals surface area contributed by atoms with Crippen molar-refractivity contribution in [3.05, 3.63) is 0 Å². The molecule has 0 aromatic carbocycles. The fourth-order valence-electron chi connectivity index (χ4n) is 3.68. The zero-order valence-electron chi connectivity index (χ0n) is 14.7. The van der Waals surface area contributed by atoms with Gasteiger partial charge in [0.1, 0.15) is 24.4 Å². The van der Waals surface area contributed by atoms with Crippen LogP contribution >= 0.6 is 0 Å². The standard InChI is InChI=1S/C16H24O8/c1-7(17)19-9-10(20-8(2)18)12-14(24-16(5,6)22-12)13-11(9)21-15(3,4)23-13/h9-14H,1-6H3/t9-,10-,11-,12+,13-,14-/m0/s1. The van der Waals surface area contributed by atoms with Crippen LogP contribution in [-0.2, 0) is 38.0 Å². The van der Waals surface area contributed by atoms with Gasteiger partial charge in [0.2, 0.25) is 0 Å². The van der Waals surface area contributed by atoms with Gasteiger partial charge in [-0.2, -0.15) is 0 Å². The van der Waals surface area contributed by atoms with Gasteiger partial charge in [-0.3, -0.25) is 9.59 Å². The van der Waals surface area contributed by atoms with Gasteiger partial charge in [-0.1, -0.05) is 0 Å². The van der Waals surface area contributed by atoms with Crippen molar-refractivity contribution in [1.82, 2.24) is 0 Å². The van der Waals surface area contributed by atoms with E-state index in [0.29, 0.717) is 0 Å². The summed E-state index contributed by atoms with van der Waals surface area (Å²) in [5.74, 6) is -2.75. The second-order valence-electron chi connectivity index (χ2n) is 7.28. The van der Waals surface area contributed by atoms with E-state index in [1.165, 1.54) is 13.8 Å². The second-order valence-corrected chi connectivity index (χ2v) is 7.28. The molecule has 0 spiro atoms. The van der Waals surface area contributed by atoms with E-state index in [9.17, 15) is 9.59 Å². The summed E-state index contributed by atoms with van der Waals surface area (Å²) < 4.78 is 34.7. The first-order chi connectivity index (χ1) is 11.0. The van der Waals surface area contributed by atoms with E-state index in [2.05, 4.69) is 0 Å². The molecule has 0 amide bonds. The highest BCUT2D eigenvalue weighted by Crippen LogP contribution is 2.46. The molecule has 24 heavy (non-hydrogen) atoms. The van der Waals surface area contributed by atoms with Crippen molar-refractivity contribution < 1.29 is 38.0 Å². The summed E-state index contributed by atoms with van der Waals surface area (Å²) in [7, 11) is 0. The van der Waals surface area contributed by atoms with E-state index < -0.39 is 60.1 Å². The molecule has 1 saturated carbocycles. The Bertz CT molecular complexity index is 494. The zero-order chi connectivity index (χ0) is 17.9. The molecule has 2 saturated heterocycles. The number of rotatable bonds is 2. The van der Waals surface area contributed by atoms with Crippen LogP contribution in [0.5, 0.6) is 0 Å². The molecule has 0 N–H and O–H groups in total. The molecule has 6 atom stereocenters. The van der Waals surface area contributed by atoms with E-state index in [1.54, 1.807) is 27.7 Å². The predicted octanol–water partition coefficient (Wildman–Crippen LogP) is 0.904. The fraction of sp³-hybridized carbons (Fsp3) is 0.875. The van der Waals surface area contributed by atoms with Crippen LogP contribution in [0.4, 0.5) is 0 Å². The van der Waals surface area contributed by atoms with E-state index in [4.69, 9.17) is 28.4 Å². The third-order valence-electron chi connectivity index (χ3n) is 4.23. The first-order valence-corrected chi connectivity index (χ1v) is 8.05. The van der Waals surface area contributed by atoms with Crippen LogP contribution in [0.2, 0.25) is 0 Å². The van der Waals surface area contributed by atoms with Crippen molar-refractivity contribution in [2.45, 2.75) is 89.7 Å². The molecule has 1 aliphatic carbocycles. The monoisotopic (exact) mass is 344 g/mol. The molecule has 3 aliphatic rings. The molecule has 2 heterocycles. The van der Waals surface area contributed by atoms with Crippen LogP contribution < -0.4 is 0 Å². The van der Waals surface area contributed by atoms with E-state index >= 15 is 0 Å². The molecule has 0 unspecified atom stereocenters. The number of ether oxygens (including phenoxy) is 6. The van der Waals surface area contributed by atoms with Crippen LogP contribution in [0.15, 0.2) is 0 Å². The number of carbonyl (C=O) groups is 2. The van der Waals surface area contributed by atoms with Crippen LogP contribution in [0, 0.1) is 0 Å². The lowest BCUT2D eigenvalue weighted by molar-refractivity contribution is -0.209. The molecule has 8 nitrogen and oxygen atoms in total. The normalized spacial score (nSPS) is 42.1. The Morgan fingerprint density at radius 3 is 1.25 bits per heavy atom. The highest BCUT2D eigenvalue weighted by Gasteiger charge is 2.65. The molecule has 3 fully saturated rings. The first kappa shape index (κ1) is 17.6. The van der Waals surface area contributed by atoms with Gasteiger partial charge in [0.25, 0.3) is 0 Å². The van der Waals surface area contributed by atoms with Crippen molar-refractivity contribution in [3.63, 3.8) is 0 Å². The van der Waals surface area contributed by atoms with Crippen molar-refractivity contribution in [3.8, 4) is 0 Å². The molecule has 8 heteroatoms. The summed E-state index contributed by atoms with van der Waals surface area (Å²) in [5.41, 5.74) is 0. The first-order valence-electron chi connectivity index (χ1n) is 8.05. The maximum atomic E-state index is 11.6. The lowest BCUT2D eigenvalue weighted by atomic mass is 9.84. The maximum Gasteiger partial charge on any atom is 0.303 e. The Labute approximate surface area is 140 Å². The van der Waals surface area contributed by atoms with Crippen molar-refractivity contribution >= 4 is 11.9 Å². The fourth-order valence-corrected chi connectivity index (χ4v) is 3.68. The average molecular weight is 344 g/mol. The number of hydrogen-bond acceptors (Lipinski definition) is 8. The van der Waals surface area contributed by atoms with Gasteiger partial charge in [0.05, 0.1) is 0 Å². The van der Waals surface area contributed by atoms with Crippen LogP contribution in [0.25, 0.3) is 0 Å². The molecule has 0 bridgehead atoms. The molecule has 2 aliphatic heterocycles. The molecule has 0 aromatic rings. The summed E-state index contributed by atoms with van der Waals surface area (Å²) in [6, 6.07) is 0. The SMILES string of the molecule is CC(=O)O[C@H]1[C@H](OC(C)=O)[C@@H]2OC(C)(C)O[C@@H]2[C@H]2OC(C)(C)O[C@H]12. The maximum absolute atomic E-state index is 11.6. The molecule has 136 valence electrons. The summed E-state index contributed by atoms with van der Waals surface area (Å²) in [6.07, 6.45) is -3.90. The second kappa shape index (κ2) is 5.66. The van der Waals surface area contributed by atoms with Gasteiger partial charge in [-0.25, -0.2) is 0 Å². The number of hydrogen-bond donors (Lipinski definition) is 0. The largest absolute Gasteiger partial charge is 0.456 e. The van der Waals surface area contributed by atoms with Gasteiger partial charge in [-0.05, 0) is 27.7 Å². The highest BCUT2D eigenvalue weighted by atomic mass is 16.8. The molecular formula is C16H24O8. The average Bonchev–Trinajstić information content (AvgIpc) is 2.88. The van der Waals surface area contributed by atoms with Gasteiger partial charge in [0, 0.05) is 13.8 Å². The Balaban J connectivity index is 1.98. The summed E-state index contributed by atoms with van der Waals surface area (Å²) >= 11 is 0. The minimum absolute atomic E-state index is 0.497. The topological polar surface area (TPSA) is 89.5 Å². The van der Waals surface area contributed by atoms with E-state index in [0.717, 1.165) is 0 Å². The quantitative estimate of drug-likeness (QED) is 0.683. The Morgan fingerprint density at radius 1 is 0.667 bits per heavy atom. The molecule has 0 aromatic heterocycles. The smallest absolute Gasteiger partial charge is 0.303 e. The Morgan fingerprint density at radius 2 is 0.958 bits per heavy atom. The Hall–Kier alpha value is -1.22. The zero-order valence-corrected chi connectivity index (χ0v) is 14.7. The van der Waals surface area contributed by atoms with Crippen LogP contribution in [0.1, 0.15) is 41.5 Å². The van der Waals surface area contributed by atoms with E-state index in [1.807, 2.05) is 0 Å². The summed E-state index contributed by atoms with van der Waals surface area (Å²) in [6.45, 7) is 9.67. The van der Waals surface area contributed by atoms with Crippen LogP contribution in [-0.4, -0.2) is 60.1 Å². The highest BCUT2D eigenvalue weighted by molar-refractivity contribution is 5.67. The number of carbonyl (C=O) groups excluding carboxylic acids is 2. The van der Waals surface area contributed by atoms with Crippen molar-refractivity contribution in [2.24, 2.45) is 0 Å². The molecular weight excluding hydrogens is 320 g/mol. The number of fused-ring (bicyclic) bond motifs is 3. The predicted molar refractivity (Wildman–Crippen MR) is 78.8 cm³/mol. The van der Waals surface area contributed by atoms with Gasteiger partial charge >= 0.3 is 11.9 Å². The van der Waals surface area contributed by atoms with Gasteiger partial charge in [0.15, 0.2) is 23.8 Å². The Kier molecular flexibility index (Phi) is 4.15.